The van der Waals surface area contributed by atoms with Gasteiger partial charge in [-0.2, -0.15) is 5.26 Å². The minimum absolute atomic E-state index is 0.0756. The van der Waals surface area contributed by atoms with Gasteiger partial charge in [-0.15, -0.1) is 9.24 Å². The van der Waals surface area contributed by atoms with Crippen molar-refractivity contribution in [3.8, 4) is 5.40 Å². The predicted octanol–water partition coefficient (Wildman–Crippen LogP) is 2.98. The Morgan fingerprint density at radius 2 is 2.16 bits per heavy atom. The second-order valence-corrected chi connectivity index (χ2v) is 6.09. The molecule has 0 spiro atoms. The average molecular weight is 284 g/mol. The largest absolute Gasteiger partial charge is 0.264 e. The molecule has 94 valence electrons. The number of aryl methyl sites for hydroxylation is 1. The minimum atomic E-state index is 0.0756. The Kier molecular flexibility index (Phi) is 3.55. The van der Waals surface area contributed by atoms with E-state index in [1.165, 1.54) is 39.3 Å². The van der Waals surface area contributed by atoms with Crippen molar-refractivity contribution in [3.05, 3.63) is 58.9 Å². The van der Waals surface area contributed by atoms with E-state index in [4.69, 9.17) is 5.26 Å². The molecule has 0 saturated heterocycles. The van der Waals surface area contributed by atoms with E-state index in [-0.39, 0.29) is 5.25 Å². The van der Waals surface area contributed by atoms with Crippen molar-refractivity contribution in [2.45, 2.75) is 18.1 Å². The molecule has 1 heterocycles. The van der Waals surface area contributed by atoms with Gasteiger partial charge in [0.05, 0.1) is 5.25 Å². The summed E-state index contributed by atoms with van der Waals surface area (Å²) >= 11 is 1.32. The van der Waals surface area contributed by atoms with E-state index < -0.39 is 0 Å². The summed E-state index contributed by atoms with van der Waals surface area (Å²) in [6, 6.07) is 8.40. The monoisotopic (exact) mass is 284 g/mol. The second-order valence-electron chi connectivity index (χ2n) is 4.58. The number of rotatable bonds is 1. The van der Waals surface area contributed by atoms with E-state index in [1.807, 2.05) is 12.4 Å². The summed E-state index contributed by atoms with van der Waals surface area (Å²) in [6.07, 6.45) is 5.78. The van der Waals surface area contributed by atoms with Crippen molar-refractivity contribution in [1.82, 2.24) is 4.98 Å². The quantitative estimate of drug-likeness (QED) is 0.596. The van der Waals surface area contributed by atoms with Crippen molar-refractivity contribution >= 4 is 26.3 Å². The van der Waals surface area contributed by atoms with Crippen LogP contribution in [0.4, 0.5) is 0 Å². The van der Waals surface area contributed by atoms with Crippen LogP contribution in [-0.2, 0) is 12.8 Å². The molecule has 3 rings (SSSR count). The van der Waals surface area contributed by atoms with Crippen LogP contribution < -0.4 is 5.30 Å². The summed E-state index contributed by atoms with van der Waals surface area (Å²) < 4.78 is 0. The van der Waals surface area contributed by atoms with E-state index >= 15 is 0 Å². The van der Waals surface area contributed by atoms with Gasteiger partial charge < -0.3 is 0 Å². The Bertz CT molecular complexity index is 663. The Labute approximate surface area is 119 Å². The van der Waals surface area contributed by atoms with Crippen LogP contribution in [0.25, 0.3) is 0 Å². The maximum absolute atomic E-state index is 9.12. The van der Waals surface area contributed by atoms with Gasteiger partial charge in [-0.1, -0.05) is 18.2 Å². The molecule has 1 aliphatic rings. The molecule has 0 N–H and O–H groups in total. The number of hydrogen-bond donors (Lipinski definition) is 0. The highest BCUT2D eigenvalue weighted by atomic mass is 32.2. The average Bonchev–Trinajstić information content (AvgIpc) is 2.59. The molecule has 1 aliphatic carbocycles. The van der Waals surface area contributed by atoms with Crippen molar-refractivity contribution in [2.24, 2.45) is 0 Å². The van der Waals surface area contributed by atoms with Gasteiger partial charge in [-0.05, 0) is 58.2 Å². The van der Waals surface area contributed by atoms with Crippen LogP contribution in [0.2, 0.25) is 0 Å². The highest BCUT2D eigenvalue weighted by Gasteiger charge is 2.25. The molecule has 2 atom stereocenters. The zero-order chi connectivity index (χ0) is 13.2. The third-order valence-corrected chi connectivity index (χ3v) is 4.96. The summed E-state index contributed by atoms with van der Waals surface area (Å²) in [5.74, 6) is 0. The Morgan fingerprint density at radius 1 is 1.26 bits per heavy atom. The molecular formula is C15H13N2PS. The smallest absolute Gasteiger partial charge is 0.134 e. The summed E-state index contributed by atoms with van der Waals surface area (Å²) in [6.45, 7) is 0. The Balaban J connectivity index is 2.21. The number of fused-ring (bicyclic) bond motifs is 2. The van der Waals surface area contributed by atoms with Crippen LogP contribution >= 0.6 is 21.0 Å². The molecule has 0 amide bonds. The third kappa shape index (κ3) is 2.27. The summed E-state index contributed by atoms with van der Waals surface area (Å²) in [5, 5.41) is 12.7. The van der Waals surface area contributed by atoms with Gasteiger partial charge in [0.25, 0.3) is 0 Å². The van der Waals surface area contributed by atoms with E-state index in [2.05, 4.69) is 43.9 Å². The van der Waals surface area contributed by atoms with Crippen LogP contribution in [0.1, 0.15) is 27.5 Å². The molecule has 0 saturated carbocycles. The fourth-order valence-corrected chi connectivity index (χ4v) is 3.88. The van der Waals surface area contributed by atoms with E-state index in [0.29, 0.717) is 0 Å². The number of hydrogen-bond acceptors (Lipinski definition) is 3. The third-order valence-electron chi connectivity index (χ3n) is 3.57. The zero-order valence-electron chi connectivity index (χ0n) is 10.3. The van der Waals surface area contributed by atoms with Crippen LogP contribution in [0.3, 0.4) is 0 Å². The van der Waals surface area contributed by atoms with Crippen molar-refractivity contribution in [1.29, 1.82) is 5.26 Å². The lowest BCUT2D eigenvalue weighted by atomic mass is 10.0. The van der Waals surface area contributed by atoms with Crippen molar-refractivity contribution in [2.75, 3.05) is 0 Å². The Morgan fingerprint density at radius 3 is 3.00 bits per heavy atom. The molecule has 2 unspecified atom stereocenters. The first kappa shape index (κ1) is 12.7. The van der Waals surface area contributed by atoms with E-state index in [9.17, 15) is 0 Å². The lowest BCUT2D eigenvalue weighted by molar-refractivity contribution is 0.966. The van der Waals surface area contributed by atoms with E-state index in [1.54, 1.807) is 0 Å². The summed E-state index contributed by atoms with van der Waals surface area (Å²) in [7, 11) is 2.81. The topological polar surface area (TPSA) is 36.7 Å². The fourth-order valence-electron chi connectivity index (χ4n) is 2.66. The second kappa shape index (κ2) is 5.33. The lowest BCUT2D eigenvalue weighted by Crippen LogP contribution is -2.07. The van der Waals surface area contributed by atoms with Crippen LogP contribution in [0.5, 0.6) is 0 Å². The maximum Gasteiger partial charge on any atom is 0.134 e. The number of pyridine rings is 1. The first-order valence-electron chi connectivity index (χ1n) is 6.16. The number of aromatic nitrogens is 1. The van der Waals surface area contributed by atoms with E-state index in [0.717, 1.165) is 12.8 Å². The van der Waals surface area contributed by atoms with Gasteiger partial charge in [0.1, 0.15) is 5.40 Å². The van der Waals surface area contributed by atoms with Crippen LogP contribution in [0, 0.1) is 10.7 Å². The van der Waals surface area contributed by atoms with Gasteiger partial charge in [0.15, 0.2) is 0 Å². The number of thiocyanates is 1. The Hall–Kier alpha value is -1.36. The number of nitrogens with zero attached hydrogens (tertiary/aromatic N) is 2. The number of nitriles is 1. The zero-order valence-corrected chi connectivity index (χ0v) is 12.3. The van der Waals surface area contributed by atoms with Crippen LogP contribution in [-0.4, -0.2) is 4.98 Å². The van der Waals surface area contributed by atoms with Gasteiger partial charge in [-0.25, -0.2) is 0 Å². The molecule has 0 bridgehead atoms. The summed E-state index contributed by atoms with van der Waals surface area (Å²) in [4.78, 5) is 4.24. The molecule has 1 aromatic carbocycles. The highest BCUT2D eigenvalue weighted by molar-refractivity contribution is 8.04. The first-order chi connectivity index (χ1) is 9.31. The number of thioether (sulfide) groups is 1. The predicted molar refractivity (Wildman–Crippen MR) is 82.5 cm³/mol. The van der Waals surface area contributed by atoms with Crippen LogP contribution in [0.15, 0.2) is 36.7 Å². The summed E-state index contributed by atoms with van der Waals surface area (Å²) in [5.41, 5.74) is 5.11. The lowest BCUT2D eigenvalue weighted by Gasteiger charge is -2.17. The highest BCUT2D eigenvalue weighted by Crippen LogP contribution is 2.40. The molecule has 0 aliphatic heterocycles. The first-order valence-corrected chi connectivity index (χ1v) is 7.61. The molecule has 0 radical (unpaired) electrons. The molecule has 1 aromatic heterocycles. The van der Waals surface area contributed by atoms with Crippen molar-refractivity contribution < 1.29 is 0 Å². The van der Waals surface area contributed by atoms with Gasteiger partial charge in [0, 0.05) is 12.4 Å². The maximum atomic E-state index is 9.12. The molecule has 2 nitrogen and oxygen atoms in total. The van der Waals surface area contributed by atoms with Gasteiger partial charge in [-0.3, -0.25) is 4.98 Å². The van der Waals surface area contributed by atoms with Gasteiger partial charge >= 0.3 is 0 Å². The SMILES string of the molecule is N#CSC1c2cnccc2CCc2c(P)cccc21. The number of benzene rings is 1. The minimum Gasteiger partial charge on any atom is -0.264 e. The normalized spacial score (nSPS) is 16.9. The van der Waals surface area contributed by atoms with Gasteiger partial charge in [0.2, 0.25) is 0 Å². The fraction of sp³-hybridized carbons (Fsp3) is 0.200. The molecule has 0 fully saturated rings. The molecule has 4 heteroatoms. The molecule has 2 aromatic rings. The molecular weight excluding hydrogens is 271 g/mol. The molecule has 19 heavy (non-hydrogen) atoms. The van der Waals surface area contributed by atoms with Crippen molar-refractivity contribution in [3.63, 3.8) is 0 Å². The standard InChI is InChI=1S/C15H13N2PS/c16-9-19-15-12-2-1-3-14(18)11(12)5-4-10-6-7-17-8-13(10)15/h1-3,6-8,15H,4-5,18H2.